The summed E-state index contributed by atoms with van der Waals surface area (Å²) < 4.78 is 30.6. The van der Waals surface area contributed by atoms with Crippen molar-refractivity contribution in [1.29, 1.82) is 0 Å². The molecular formula is C14H17NO4S. The molecule has 1 aliphatic carbocycles. The first kappa shape index (κ1) is 13.4. The molecule has 1 spiro atoms. The van der Waals surface area contributed by atoms with Crippen LogP contribution in [0.4, 0.5) is 5.69 Å². The number of methoxy groups -OCH3 is 1. The Morgan fingerprint density at radius 2 is 1.95 bits per heavy atom. The van der Waals surface area contributed by atoms with Crippen LogP contribution in [0.15, 0.2) is 23.1 Å². The molecule has 5 nitrogen and oxygen atoms in total. The lowest BCUT2D eigenvalue weighted by Crippen LogP contribution is -2.37. The standard InChI is InChI=1S/C14H17NO4S/c1-19-11-6-4-5-10-12(11)20(17,18)9-14(13(16)15-10)7-2-3-8-14/h4-6H,2-3,7-9H2,1H3,(H,15,16). The van der Waals surface area contributed by atoms with Crippen molar-refractivity contribution in [2.75, 3.05) is 18.2 Å². The molecule has 0 bridgehead atoms. The van der Waals surface area contributed by atoms with Gasteiger partial charge in [0.05, 0.1) is 24.0 Å². The largest absolute Gasteiger partial charge is 0.495 e. The van der Waals surface area contributed by atoms with Gasteiger partial charge >= 0.3 is 0 Å². The van der Waals surface area contributed by atoms with Crippen LogP contribution < -0.4 is 10.1 Å². The van der Waals surface area contributed by atoms with Gasteiger partial charge in [0.25, 0.3) is 0 Å². The first-order valence-electron chi connectivity index (χ1n) is 6.70. The van der Waals surface area contributed by atoms with Gasteiger partial charge in [-0.05, 0) is 25.0 Å². The molecule has 108 valence electrons. The van der Waals surface area contributed by atoms with E-state index in [1.165, 1.54) is 7.11 Å². The van der Waals surface area contributed by atoms with Crippen molar-refractivity contribution in [2.45, 2.75) is 30.6 Å². The number of hydrogen-bond donors (Lipinski definition) is 1. The van der Waals surface area contributed by atoms with Crippen molar-refractivity contribution < 1.29 is 17.9 Å². The first-order chi connectivity index (χ1) is 9.48. The van der Waals surface area contributed by atoms with E-state index in [1.807, 2.05) is 0 Å². The Kier molecular flexibility index (Phi) is 3.01. The molecule has 0 radical (unpaired) electrons. The van der Waals surface area contributed by atoms with E-state index < -0.39 is 15.3 Å². The molecule has 1 amide bonds. The predicted octanol–water partition coefficient (Wildman–Crippen LogP) is 1.98. The van der Waals surface area contributed by atoms with E-state index in [9.17, 15) is 13.2 Å². The molecule has 1 fully saturated rings. The Balaban J connectivity index is 2.19. The van der Waals surface area contributed by atoms with Crippen LogP contribution in [0.25, 0.3) is 0 Å². The molecule has 1 aromatic rings. The average Bonchev–Trinajstić information content (AvgIpc) is 2.83. The fourth-order valence-corrected chi connectivity index (χ4v) is 5.48. The second kappa shape index (κ2) is 4.48. The van der Waals surface area contributed by atoms with Crippen LogP contribution in [-0.2, 0) is 14.6 Å². The molecule has 6 heteroatoms. The molecule has 1 saturated carbocycles. The second-order valence-corrected chi connectivity index (χ2v) is 7.46. The van der Waals surface area contributed by atoms with Gasteiger partial charge in [-0.15, -0.1) is 0 Å². The minimum absolute atomic E-state index is 0.111. The summed E-state index contributed by atoms with van der Waals surface area (Å²) in [4.78, 5) is 12.6. The number of rotatable bonds is 1. The third-order valence-corrected chi connectivity index (χ3v) is 6.24. The smallest absolute Gasteiger partial charge is 0.231 e. The predicted molar refractivity (Wildman–Crippen MR) is 74.6 cm³/mol. The fourth-order valence-electron chi connectivity index (χ4n) is 3.28. The SMILES string of the molecule is COc1cccc2c1S(=O)(=O)CC1(CCCC1)C(=O)N2. The number of amides is 1. The monoisotopic (exact) mass is 295 g/mol. The topological polar surface area (TPSA) is 72.5 Å². The molecule has 0 unspecified atom stereocenters. The van der Waals surface area contributed by atoms with Crippen molar-refractivity contribution in [1.82, 2.24) is 0 Å². The normalized spacial score (nSPS) is 22.9. The summed E-state index contributed by atoms with van der Waals surface area (Å²) in [6.45, 7) is 0. The number of nitrogens with one attached hydrogen (secondary N) is 1. The lowest BCUT2D eigenvalue weighted by atomic mass is 9.87. The maximum atomic E-state index is 12.7. The van der Waals surface area contributed by atoms with Gasteiger partial charge in [-0.1, -0.05) is 18.9 Å². The van der Waals surface area contributed by atoms with E-state index in [-0.39, 0.29) is 22.3 Å². The molecule has 1 aromatic carbocycles. The zero-order valence-corrected chi connectivity index (χ0v) is 12.1. The van der Waals surface area contributed by atoms with Gasteiger partial charge in [-0.2, -0.15) is 0 Å². The molecule has 3 rings (SSSR count). The van der Waals surface area contributed by atoms with E-state index in [2.05, 4.69) is 5.32 Å². The van der Waals surface area contributed by atoms with Gasteiger partial charge in [-0.3, -0.25) is 4.79 Å². The summed E-state index contributed by atoms with van der Waals surface area (Å²) in [6, 6.07) is 4.90. The third-order valence-electron chi connectivity index (χ3n) is 4.27. The fraction of sp³-hybridized carbons (Fsp3) is 0.500. The molecule has 1 heterocycles. The first-order valence-corrected chi connectivity index (χ1v) is 8.35. The lowest BCUT2D eigenvalue weighted by molar-refractivity contribution is -0.124. The van der Waals surface area contributed by atoms with E-state index in [0.717, 1.165) is 12.8 Å². The molecule has 1 aliphatic heterocycles. The lowest BCUT2D eigenvalue weighted by Gasteiger charge is -2.24. The number of ether oxygens (including phenoxy) is 1. The highest BCUT2D eigenvalue weighted by Crippen LogP contribution is 2.46. The van der Waals surface area contributed by atoms with Gasteiger partial charge in [0, 0.05) is 0 Å². The highest BCUT2D eigenvalue weighted by Gasteiger charge is 2.48. The second-order valence-electron chi connectivity index (χ2n) is 5.54. The number of sulfone groups is 1. The van der Waals surface area contributed by atoms with Crippen molar-refractivity contribution in [3.63, 3.8) is 0 Å². The van der Waals surface area contributed by atoms with Gasteiger partial charge in [-0.25, -0.2) is 8.42 Å². The zero-order valence-electron chi connectivity index (χ0n) is 11.3. The van der Waals surface area contributed by atoms with Crippen LogP contribution in [0.3, 0.4) is 0 Å². The summed E-state index contributed by atoms with van der Waals surface area (Å²) in [6.07, 6.45) is 3.07. The Hall–Kier alpha value is -1.56. The Labute approximate surface area is 118 Å². The minimum atomic E-state index is -3.55. The highest BCUT2D eigenvalue weighted by molar-refractivity contribution is 7.91. The number of benzene rings is 1. The van der Waals surface area contributed by atoms with Crippen LogP contribution in [-0.4, -0.2) is 27.2 Å². The van der Waals surface area contributed by atoms with Crippen molar-refractivity contribution >= 4 is 21.4 Å². The van der Waals surface area contributed by atoms with Crippen LogP contribution in [0, 0.1) is 5.41 Å². The molecular weight excluding hydrogens is 278 g/mol. The Morgan fingerprint density at radius 1 is 1.25 bits per heavy atom. The van der Waals surface area contributed by atoms with Gasteiger partial charge in [0.1, 0.15) is 10.6 Å². The quantitative estimate of drug-likeness (QED) is 0.860. The van der Waals surface area contributed by atoms with Crippen molar-refractivity contribution in [2.24, 2.45) is 5.41 Å². The van der Waals surface area contributed by atoms with E-state index in [0.29, 0.717) is 18.5 Å². The molecule has 2 aliphatic rings. The van der Waals surface area contributed by atoms with Crippen molar-refractivity contribution in [3.8, 4) is 5.75 Å². The van der Waals surface area contributed by atoms with E-state index in [4.69, 9.17) is 4.74 Å². The van der Waals surface area contributed by atoms with Crippen molar-refractivity contribution in [3.05, 3.63) is 18.2 Å². The summed E-state index contributed by atoms with van der Waals surface area (Å²) in [5.74, 6) is -0.0115. The molecule has 0 atom stereocenters. The van der Waals surface area contributed by atoms with E-state index >= 15 is 0 Å². The maximum Gasteiger partial charge on any atom is 0.231 e. The van der Waals surface area contributed by atoms with Gasteiger partial charge in [0.15, 0.2) is 9.84 Å². The van der Waals surface area contributed by atoms with Gasteiger partial charge < -0.3 is 10.1 Å². The minimum Gasteiger partial charge on any atom is -0.495 e. The number of anilines is 1. The summed E-state index contributed by atoms with van der Waals surface area (Å²) in [5.41, 5.74) is -0.443. The molecule has 1 N–H and O–H groups in total. The molecule has 0 aromatic heterocycles. The van der Waals surface area contributed by atoms with Crippen LogP contribution >= 0.6 is 0 Å². The number of carbonyl (C=O) groups is 1. The highest BCUT2D eigenvalue weighted by atomic mass is 32.2. The number of fused-ring (bicyclic) bond motifs is 1. The molecule has 20 heavy (non-hydrogen) atoms. The molecule has 0 saturated heterocycles. The van der Waals surface area contributed by atoms with E-state index in [1.54, 1.807) is 18.2 Å². The maximum absolute atomic E-state index is 12.7. The van der Waals surface area contributed by atoms with Crippen LogP contribution in [0.5, 0.6) is 5.75 Å². The Bertz CT molecular complexity index is 660. The average molecular weight is 295 g/mol. The van der Waals surface area contributed by atoms with Crippen LogP contribution in [0.2, 0.25) is 0 Å². The van der Waals surface area contributed by atoms with Gasteiger partial charge in [0.2, 0.25) is 5.91 Å². The summed E-state index contributed by atoms with van der Waals surface area (Å²) >= 11 is 0. The van der Waals surface area contributed by atoms with Crippen LogP contribution in [0.1, 0.15) is 25.7 Å². The third kappa shape index (κ3) is 1.90. The Morgan fingerprint density at radius 3 is 2.60 bits per heavy atom. The number of hydrogen-bond acceptors (Lipinski definition) is 4. The zero-order chi connectivity index (χ0) is 14.4. The summed E-state index contributed by atoms with van der Waals surface area (Å²) in [7, 11) is -2.12. The number of carbonyl (C=O) groups excluding carboxylic acids is 1. The summed E-state index contributed by atoms with van der Waals surface area (Å²) in [5, 5.41) is 2.79.